The summed E-state index contributed by atoms with van der Waals surface area (Å²) < 4.78 is 14.8. The molecule has 1 aliphatic heterocycles. The van der Waals surface area contributed by atoms with Crippen molar-refractivity contribution >= 4 is 17.3 Å². The van der Waals surface area contributed by atoms with Crippen LogP contribution in [0.15, 0.2) is 42.5 Å². The minimum atomic E-state index is -0.942. The molecule has 0 spiro atoms. The van der Waals surface area contributed by atoms with E-state index in [1.165, 1.54) is 5.56 Å². The van der Waals surface area contributed by atoms with Crippen LogP contribution in [0.3, 0.4) is 0 Å². The van der Waals surface area contributed by atoms with E-state index in [1.807, 2.05) is 43.3 Å². The Labute approximate surface area is 155 Å². The Morgan fingerprint density at radius 1 is 1.08 bits per heavy atom. The summed E-state index contributed by atoms with van der Waals surface area (Å²) in [6.07, 6.45) is 0.278. The minimum Gasteiger partial charge on any atom is -0.369 e. The highest BCUT2D eigenvalue weighted by Gasteiger charge is 2.16. The van der Waals surface area contributed by atoms with Crippen LogP contribution >= 0.6 is 11.6 Å². The van der Waals surface area contributed by atoms with E-state index in [0.29, 0.717) is 6.42 Å². The average molecular weight is 361 g/mol. The molecule has 0 aliphatic carbocycles. The lowest BCUT2D eigenvalue weighted by Gasteiger charge is -2.34. The number of halogens is 2. The summed E-state index contributed by atoms with van der Waals surface area (Å²) in [5.41, 5.74) is 4.21. The van der Waals surface area contributed by atoms with Crippen LogP contribution in [-0.2, 0) is 6.42 Å². The molecule has 1 aliphatic rings. The Kier molecular flexibility index (Phi) is 5.98. The van der Waals surface area contributed by atoms with Gasteiger partial charge in [-0.25, -0.2) is 4.39 Å². The van der Waals surface area contributed by atoms with Gasteiger partial charge in [-0.1, -0.05) is 29.8 Å². The van der Waals surface area contributed by atoms with Crippen LogP contribution in [-0.4, -0.2) is 38.1 Å². The van der Waals surface area contributed by atoms with Gasteiger partial charge in [0.25, 0.3) is 0 Å². The lowest BCUT2D eigenvalue weighted by molar-refractivity contribution is 0.312. The molecule has 0 amide bonds. The van der Waals surface area contributed by atoms with Gasteiger partial charge < -0.3 is 9.80 Å². The number of benzene rings is 2. The van der Waals surface area contributed by atoms with Crippen LogP contribution in [0, 0.1) is 6.92 Å². The summed E-state index contributed by atoms with van der Waals surface area (Å²) in [4.78, 5) is 4.67. The third-order valence-corrected chi connectivity index (χ3v) is 5.31. The molecule has 1 atom stereocenters. The van der Waals surface area contributed by atoms with Crippen LogP contribution in [0.1, 0.15) is 29.3 Å². The zero-order chi connectivity index (χ0) is 17.8. The van der Waals surface area contributed by atoms with E-state index in [4.69, 9.17) is 11.6 Å². The maximum atomic E-state index is 14.8. The molecule has 4 heteroatoms. The lowest BCUT2D eigenvalue weighted by Crippen LogP contribution is -2.44. The van der Waals surface area contributed by atoms with E-state index in [1.54, 1.807) is 0 Å². The Balaban J connectivity index is 1.64. The van der Waals surface area contributed by atoms with Crippen molar-refractivity contribution < 1.29 is 4.39 Å². The van der Waals surface area contributed by atoms with Crippen molar-refractivity contribution in [1.82, 2.24) is 4.90 Å². The summed E-state index contributed by atoms with van der Waals surface area (Å²) in [5.74, 6) is 0. The number of anilines is 1. The first-order chi connectivity index (χ1) is 12.0. The number of piperazine rings is 1. The first-order valence-corrected chi connectivity index (χ1v) is 9.33. The largest absolute Gasteiger partial charge is 0.369 e. The summed E-state index contributed by atoms with van der Waals surface area (Å²) in [5, 5.41) is 0.734. The third kappa shape index (κ3) is 4.74. The molecule has 0 aromatic heterocycles. The van der Waals surface area contributed by atoms with E-state index in [0.717, 1.165) is 54.4 Å². The van der Waals surface area contributed by atoms with Gasteiger partial charge in [0, 0.05) is 36.9 Å². The van der Waals surface area contributed by atoms with Gasteiger partial charge in [0.05, 0.1) is 0 Å². The summed E-state index contributed by atoms with van der Waals surface area (Å²) in [7, 11) is 2.14. The number of likely N-dealkylation sites (N-methyl/N-ethyl adjacent to an activating group) is 1. The summed E-state index contributed by atoms with van der Waals surface area (Å²) >= 11 is 5.99. The Morgan fingerprint density at radius 2 is 1.84 bits per heavy atom. The fourth-order valence-corrected chi connectivity index (χ4v) is 3.60. The van der Waals surface area contributed by atoms with Crippen LogP contribution in [0.4, 0.5) is 10.1 Å². The maximum absolute atomic E-state index is 14.8. The molecule has 0 radical (unpaired) electrons. The van der Waals surface area contributed by atoms with Gasteiger partial charge in [0.1, 0.15) is 6.17 Å². The first kappa shape index (κ1) is 18.2. The first-order valence-electron chi connectivity index (χ1n) is 8.95. The molecule has 2 aromatic carbocycles. The molecule has 1 saturated heterocycles. The van der Waals surface area contributed by atoms with Gasteiger partial charge >= 0.3 is 0 Å². The standard InChI is InChI=1S/C21H26ClFN2/c1-16-14-19(22)8-6-17(16)7-9-21(23)18-4-3-5-20(15-18)25-12-10-24(2)11-13-25/h3-6,8,14-15,21H,7,9-13H2,1-2H3/t21-/m1/s1. The van der Waals surface area contributed by atoms with Crippen molar-refractivity contribution in [1.29, 1.82) is 0 Å². The molecule has 0 N–H and O–H groups in total. The smallest absolute Gasteiger partial charge is 0.126 e. The molecule has 25 heavy (non-hydrogen) atoms. The molecule has 2 aromatic rings. The van der Waals surface area contributed by atoms with Gasteiger partial charge in [-0.05, 0) is 67.8 Å². The number of hydrogen-bond donors (Lipinski definition) is 0. The van der Waals surface area contributed by atoms with Crippen molar-refractivity contribution in [2.24, 2.45) is 0 Å². The Hall–Kier alpha value is -1.58. The van der Waals surface area contributed by atoms with Crippen molar-refractivity contribution in [3.8, 4) is 0 Å². The molecule has 1 heterocycles. The van der Waals surface area contributed by atoms with Crippen molar-refractivity contribution in [3.05, 3.63) is 64.2 Å². The van der Waals surface area contributed by atoms with Crippen LogP contribution < -0.4 is 4.90 Å². The number of hydrogen-bond acceptors (Lipinski definition) is 2. The maximum Gasteiger partial charge on any atom is 0.126 e. The summed E-state index contributed by atoms with van der Waals surface area (Å²) in [6, 6.07) is 13.8. The second kappa shape index (κ2) is 8.20. The van der Waals surface area contributed by atoms with E-state index < -0.39 is 6.17 Å². The quantitative estimate of drug-likeness (QED) is 0.736. The Morgan fingerprint density at radius 3 is 2.56 bits per heavy atom. The van der Waals surface area contributed by atoms with Crippen LogP contribution in [0.2, 0.25) is 5.02 Å². The second-order valence-corrected chi connectivity index (χ2v) is 7.40. The predicted octanol–water partition coefficient (Wildman–Crippen LogP) is 5.04. The molecular formula is C21H26ClFN2. The number of nitrogens with zero attached hydrogens (tertiary/aromatic N) is 2. The second-order valence-electron chi connectivity index (χ2n) is 6.96. The molecule has 1 fully saturated rings. The fraction of sp³-hybridized carbons (Fsp3) is 0.429. The zero-order valence-corrected chi connectivity index (χ0v) is 15.8. The van der Waals surface area contributed by atoms with E-state index in [9.17, 15) is 4.39 Å². The third-order valence-electron chi connectivity index (χ3n) is 5.07. The summed E-state index contributed by atoms with van der Waals surface area (Å²) in [6.45, 7) is 6.14. The van der Waals surface area contributed by atoms with Gasteiger partial charge in [-0.2, -0.15) is 0 Å². The number of aryl methyl sites for hydroxylation is 2. The van der Waals surface area contributed by atoms with Crippen molar-refractivity contribution in [2.45, 2.75) is 25.9 Å². The molecule has 3 rings (SSSR count). The van der Waals surface area contributed by atoms with E-state index in [-0.39, 0.29) is 0 Å². The fourth-order valence-electron chi connectivity index (χ4n) is 3.37. The topological polar surface area (TPSA) is 6.48 Å². The number of alkyl halides is 1. The molecular weight excluding hydrogens is 335 g/mol. The highest BCUT2D eigenvalue weighted by atomic mass is 35.5. The normalized spacial score (nSPS) is 16.9. The highest BCUT2D eigenvalue weighted by Crippen LogP contribution is 2.28. The van der Waals surface area contributed by atoms with Gasteiger partial charge in [0.2, 0.25) is 0 Å². The minimum absolute atomic E-state index is 0.495. The average Bonchev–Trinajstić information content (AvgIpc) is 2.61. The predicted molar refractivity (Wildman–Crippen MR) is 105 cm³/mol. The SMILES string of the molecule is Cc1cc(Cl)ccc1CC[C@@H](F)c1cccc(N2CCN(C)CC2)c1. The van der Waals surface area contributed by atoms with Crippen LogP contribution in [0.5, 0.6) is 0 Å². The molecule has 134 valence electrons. The lowest BCUT2D eigenvalue weighted by atomic mass is 9.99. The molecule has 2 nitrogen and oxygen atoms in total. The monoisotopic (exact) mass is 360 g/mol. The molecule has 0 bridgehead atoms. The Bertz CT molecular complexity index is 711. The molecule has 0 unspecified atom stereocenters. The van der Waals surface area contributed by atoms with E-state index in [2.05, 4.69) is 22.9 Å². The van der Waals surface area contributed by atoms with Crippen molar-refractivity contribution in [3.63, 3.8) is 0 Å². The zero-order valence-electron chi connectivity index (χ0n) is 15.0. The number of rotatable bonds is 5. The molecule has 0 saturated carbocycles. The highest BCUT2D eigenvalue weighted by molar-refractivity contribution is 6.30. The van der Waals surface area contributed by atoms with Gasteiger partial charge in [-0.3, -0.25) is 0 Å². The van der Waals surface area contributed by atoms with E-state index >= 15 is 0 Å². The van der Waals surface area contributed by atoms with Crippen molar-refractivity contribution in [2.75, 3.05) is 38.1 Å². The van der Waals surface area contributed by atoms with Crippen LogP contribution in [0.25, 0.3) is 0 Å². The van der Waals surface area contributed by atoms with Gasteiger partial charge in [-0.15, -0.1) is 0 Å². The van der Waals surface area contributed by atoms with Gasteiger partial charge in [0.15, 0.2) is 0 Å².